The van der Waals surface area contributed by atoms with Crippen LogP contribution in [0, 0.1) is 0 Å². The van der Waals surface area contributed by atoms with E-state index in [1.165, 1.54) is 12.1 Å². The highest BCUT2D eigenvalue weighted by Crippen LogP contribution is 2.18. The number of nitrogens with two attached hydrogens (primary N) is 1. The van der Waals surface area contributed by atoms with Crippen LogP contribution in [0.5, 0.6) is 0 Å². The fourth-order valence-electron chi connectivity index (χ4n) is 1.04. The standard InChI is InChI=1S/C10H14N2O4/c11-6-7-12-16-9(13)10(14,15)8-4-2-1-3-5-8/h1-5,12,14-15H,6-7,11H2. The maximum Gasteiger partial charge on any atom is 0.390 e. The van der Waals surface area contributed by atoms with Crippen molar-refractivity contribution in [3.8, 4) is 0 Å². The third-order valence-electron chi connectivity index (χ3n) is 1.87. The number of rotatable bonds is 5. The van der Waals surface area contributed by atoms with E-state index in [1.54, 1.807) is 18.2 Å². The van der Waals surface area contributed by atoms with E-state index >= 15 is 0 Å². The van der Waals surface area contributed by atoms with Crippen molar-refractivity contribution in [1.82, 2.24) is 5.48 Å². The molecule has 0 aliphatic carbocycles. The molecule has 6 nitrogen and oxygen atoms in total. The summed E-state index contributed by atoms with van der Waals surface area (Å²) >= 11 is 0. The first kappa shape index (κ1) is 12.6. The normalized spacial score (nSPS) is 11.2. The first-order valence-corrected chi connectivity index (χ1v) is 4.73. The maximum absolute atomic E-state index is 11.3. The Kier molecular flexibility index (Phi) is 4.39. The minimum atomic E-state index is -2.66. The number of nitrogens with one attached hydrogen (secondary N) is 1. The molecule has 5 N–H and O–H groups in total. The van der Waals surface area contributed by atoms with Crippen LogP contribution >= 0.6 is 0 Å². The molecule has 0 amide bonds. The number of hydrogen-bond donors (Lipinski definition) is 4. The van der Waals surface area contributed by atoms with Gasteiger partial charge >= 0.3 is 5.97 Å². The molecule has 6 heteroatoms. The molecule has 0 saturated heterocycles. The van der Waals surface area contributed by atoms with Gasteiger partial charge in [-0.05, 0) is 0 Å². The number of carbonyl (C=O) groups excluding carboxylic acids is 1. The molecule has 0 saturated carbocycles. The van der Waals surface area contributed by atoms with Gasteiger partial charge in [-0.1, -0.05) is 30.3 Å². The third-order valence-corrected chi connectivity index (χ3v) is 1.87. The minimum absolute atomic E-state index is 0.0366. The van der Waals surface area contributed by atoms with Crippen LogP contribution in [-0.2, 0) is 15.4 Å². The van der Waals surface area contributed by atoms with E-state index in [0.717, 1.165) is 0 Å². The van der Waals surface area contributed by atoms with E-state index < -0.39 is 11.8 Å². The monoisotopic (exact) mass is 226 g/mol. The Bertz CT molecular complexity index is 340. The zero-order chi connectivity index (χ0) is 12.0. The average Bonchev–Trinajstić information content (AvgIpc) is 2.30. The van der Waals surface area contributed by atoms with Crippen LogP contribution < -0.4 is 11.2 Å². The summed E-state index contributed by atoms with van der Waals surface area (Å²) in [6, 6.07) is 7.67. The van der Waals surface area contributed by atoms with E-state index in [4.69, 9.17) is 5.73 Å². The van der Waals surface area contributed by atoms with Crippen LogP contribution in [-0.4, -0.2) is 29.3 Å². The van der Waals surface area contributed by atoms with Gasteiger partial charge in [0, 0.05) is 18.7 Å². The Hall–Kier alpha value is -1.47. The minimum Gasteiger partial charge on any atom is -0.366 e. The molecule has 16 heavy (non-hydrogen) atoms. The smallest absolute Gasteiger partial charge is 0.366 e. The molecule has 1 aromatic rings. The highest BCUT2D eigenvalue weighted by molar-refractivity contribution is 5.78. The van der Waals surface area contributed by atoms with Crippen LogP contribution in [0.15, 0.2) is 30.3 Å². The molecule has 0 heterocycles. The SMILES string of the molecule is NCCNOC(=O)C(O)(O)c1ccccc1. The summed E-state index contributed by atoms with van der Waals surface area (Å²) in [5.41, 5.74) is 7.41. The summed E-state index contributed by atoms with van der Waals surface area (Å²) in [4.78, 5) is 15.7. The van der Waals surface area contributed by atoms with Crippen molar-refractivity contribution in [2.24, 2.45) is 5.73 Å². The molecule has 88 valence electrons. The van der Waals surface area contributed by atoms with Gasteiger partial charge in [0.05, 0.1) is 0 Å². The molecule has 0 spiro atoms. The van der Waals surface area contributed by atoms with Crippen molar-refractivity contribution < 1.29 is 19.8 Å². The summed E-state index contributed by atoms with van der Waals surface area (Å²) in [5, 5.41) is 19.1. The van der Waals surface area contributed by atoms with E-state index in [0.29, 0.717) is 0 Å². The van der Waals surface area contributed by atoms with Gasteiger partial charge in [0.15, 0.2) is 0 Å². The maximum atomic E-state index is 11.3. The molecular weight excluding hydrogens is 212 g/mol. The molecule has 0 aliphatic heterocycles. The summed E-state index contributed by atoms with van der Waals surface area (Å²) in [6.07, 6.45) is 0. The fourth-order valence-corrected chi connectivity index (χ4v) is 1.04. The van der Waals surface area contributed by atoms with Gasteiger partial charge in [0.25, 0.3) is 5.79 Å². The first-order chi connectivity index (χ1) is 7.59. The van der Waals surface area contributed by atoms with Crippen LogP contribution in [0.3, 0.4) is 0 Å². The summed E-state index contributed by atoms with van der Waals surface area (Å²) < 4.78 is 0. The zero-order valence-corrected chi connectivity index (χ0v) is 8.59. The van der Waals surface area contributed by atoms with E-state index in [1.807, 2.05) is 0 Å². The number of benzene rings is 1. The van der Waals surface area contributed by atoms with Gasteiger partial charge in [-0.2, -0.15) is 5.48 Å². The van der Waals surface area contributed by atoms with Gasteiger partial charge in [0.2, 0.25) is 0 Å². The summed E-state index contributed by atoms with van der Waals surface area (Å²) in [5.74, 6) is -3.87. The number of hydroxylamine groups is 1. The first-order valence-electron chi connectivity index (χ1n) is 4.73. The van der Waals surface area contributed by atoms with Gasteiger partial charge < -0.3 is 20.8 Å². The van der Waals surface area contributed by atoms with Crippen molar-refractivity contribution in [3.05, 3.63) is 35.9 Å². The molecule has 0 unspecified atom stereocenters. The Balaban J connectivity index is 2.66. The second-order valence-corrected chi connectivity index (χ2v) is 3.11. The molecule has 1 rings (SSSR count). The van der Waals surface area contributed by atoms with Gasteiger partial charge in [0.1, 0.15) is 0 Å². The van der Waals surface area contributed by atoms with Crippen molar-refractivity contribution >= 4 is 5.97 Å². The lowest BCUT2D eigenvalue weighted by Crippen LogP contribution is -2.40. The summed E-state index contributed by atoms with van der Waals surface area (Å²) in [7, 11) is 0. The number of hydrogen-bond acceptors (Lipinski definition) is 6. The lowest BCUT2D eigenvalue weighted by Gasteiger charge is -2.19. The van der Waals surface area contributed by atoms with Crippen molar-refractivity contribution in [2.45, 2.75) is 5.79 Å². The third kappa shape index (κ3) is 3.01. The molecule has 1 aromatic carbocycles. The number of aliphatic hydroxyl groups is 2. The van der Waals surface area contributed by atoms with E-state index in [-0.39, 0.29) is 18.7 Å². The Morgan fingerprint density at radius 1 is 1.38 bits per heavy atom. The topological polar surface area (TPSA) is 105 Å². The van der Waals surface area contributed by atoms with Crippen molar-refractivity contribution in [3.63, 3.8) is 0 Å². The largest absolute Gasteiger partial charge is 0.390 e. The predicted molar refractivity (Wildman–Crippen MR) is 55.7 cm³/mol. The highest BCUT2D eigenvalue weighted by atomic mass is 16.7. The Labute approximate surface area is 92.6 Å². The van der Waals surface area contributed by atoms with Gasteiger partial charge in [-0.15, -0.1) is 0 Å². The van der Waals surface area contributed by atoms with Gasteiger partial charge in [-0.25, -0.2) is 4.79 Å². The van der Waals surface area contributed by atoms with Crippen LogP contribution in [0.1, 0.15) is 5.56 Å². The van der Waals surface area contributed by atoms with Gasteiger partial charge in [-0.3, -0.25) is 0 Å². The lowest BCUT2D eigenvalue weighted by atomic mass is 10.1. The molecule has 0 aliphatic rings. The highest BCUT2D eigenvalue weighted by Gasteiger charge is 2.37. The summed E-state index contributed by atoms with van der Waals surface area (Å²) in [6.45, 7) is 0.499. The van der Waals surface area contributed by atoms with E-state index in [2.05, 4.69) is 10.3 Å². The number of carbonyl (C=O) groups is 1. The van der Waals surface area contributed by atoms with E-state index in [9.17, 15) is 15.0 Å². The van der Waals surface area contributed by atoms with Crippen LogP contribution in [0.2, 0.25) is 0 Å². The lowest BCUT2D eigenvalue weighted by molar-refractivity contribution is -0.220. The Morgan fingerprint density at radius 3 is 2.56 bits per heavy atom. The molecule has 0 bridgehead atoms. The van der Waals surface area contributed by atoms with Crippen molar-refractivity contribution in [2.75, 3.05) is 13.1 Å². The van der Waals surface area contributed by atoms with Crippen molar-refractivity contribution in [1.29, 1.82) is 0 Å². The molecule has 0 radical (unpaired) electrons. The fraction of sp³-hybridized carbons (Fsp3) is 0.300. The second-order valence-electron chi connectivity index (χ2n) is 3.11. The average molecular weight is 226 g/mol. The second kappa shape index (κ2) is 5.57. The molecular formula is C10H14N2O4. The van der Waals surface area contributed by atoms with Crippen LogP contribution in [0.25, 0.3) is 0 Å². The Morgan fingerprint density at radius 2 is 2.00 bits per heavy atom. The molecule has 0 atom stereocenters. The zero-order valence-electron chi connectivity index (χ0n) is 8.59. The predicted octanol–water partition coefficient (Wildman–Crippen LogP) is -1.17. The molecule has 0 aromatic heterocycles. The molecule has 0 fully saturated rings. The van der Waals surface area contributed by atoms with Crippen LogP contribution in [0.4, 0.5) is 0 Å². The quantitative estimate of drug-likeness (QED) is 0.286.